The summed E-state index contributed by atoms with van der Waals surface area (Å²) in [6.45, 7) is 1.72. The Hall–Kier alpha value is -4.20. The fraction of sp³-hybridized carbons (Fsp3) is 0.0476. The molecule has 0 spiro atoms. The molecule has 0 fully saturated rings. The van der Waals surface area contributed by atoms with Crippen molar-refractivity contribution >= 4 is 28.5 Å². The fourth-order valence-corrected chi connectivity index (χ4v) is 3.12. The Labute approximate surface area is 165 Å². The Morgan fingerprint density at radius 3 is 2.45 bits per heavy atom. The van der Waals surface area contributed by atoms with Crippen molar-refractivity contribution in [3.8, 4) is 11.3 Å². The van der Waals surface area contributed by atoms with Gasteiger partial charge in [0, 0.05) is 22.2 Å². The van der Waals surface area contributed by atoms with Crippen LogP contribution in [0, 0.1) is 6.92 Å². The van der Waals surface area contributed by atoms with Crippen molar-refractivity contribution in [2.24, 2.45) is 0 Å². The zero-order valence-electron chi connectivity index (χ0n) is 15.4. The number of hydrazine groups is 1. The molecule has 2 amide bonds. The number of ketones is 1. The molecule has 8 heteroatoms. The summed E-state index contributed by atoms with van der Waals surface area (Å²) in [6, 6.07) is 18.1. The number of fused-ring (bicyclic) bond motifs is 1. The van der Waals surface area contributed by atoms with E-state index in [2.05, 4.69) is 26.0 Å². The molecule has 29 heavy (non-hydrogen) atoms. The van der Waals surface area contributed by atoms with Crippen molar-refractivity contribution in [1.82, 2.24) is 26.0 Å². The van der Waals surface area contributed by atoms with Crippen LogP contribution in [-0.2, 0) is 4.79 Å². The molecule has 0 unspecified atom stereocenters. The first-order valence-corrected chi connectivity index (χ1v) is 8.87. The average Bonchev–Trinajstić information content (AvgIpc) is 3.36. The molecule has 4 N–H and O–H groups in total. The highest BCUT2D eigenvalue weighted by atomic mass is 16.2. The number of benzene rings is 2. The van der Waals surface area contributed by atoms with Crippen LogP contribution in [-0.4, -0.2) is 32.8 Å². The number of nitrogens with zero attached hydrogens (tertiary/aromatic N) is 1. The Balaban J connectivity index is 1.44. The van der Waals surface area contributed by atoms with E-state index in [4.69, 9.17) is 0 Å². The molecule has 0 saturated heterocycles. The highest BCUT2D eigenvalue weighted by Crippen LogP contribution is 2.22. The third-order valence-electron chi connectivity index (χ3n) is 4.51. The first-order valence-electron chi connectivity index (χ1n) is 8.87. The molecule has 4 aromatic rings. The SMILES string of the molecule is Cc1[nH]c2ccccc2c1C(=O)C(=O)NNC(=O)c1cc(-c2ccccc2)n[nH]1. The van der Waals surface area contributed by atoms with Gasteiger partial charge in [0.25, 0.3) is 11.7 Å². The van der Waals surface area contributed by atoms with E-state index in [1.54, 1.807) is 25.1 Å². The Kier molecular flexibility index (Phi) is 4.66. The molecule has 0 atom stereocenters. The monoisotopic (exact) mass is 387 g/mol. The molecule has 8 nitrogen and oxygen atoms in total. The maximum atomic E-state index is 12.6. The zero-order valence-corrected chi connectivity index (χ0v) is 15.4. The number of carbonyl (C=O) groups excluding carboxylic acids is 3. The highest BCUT2D eigenvalue weighted by Gasteiger charge is 2.23. The number of rotatable bonds is 4. The standard InChI is InChI=1S/C21H17N5O3/c1-12-18(14-9-5-6-10-15(14)22-12)19(27)21(29)26-25-20(28)17-11-16(23-24-17)13-7-3-2-4-8-13/h2-11,22H,1H3,(H,23,24)(H,25,28)(H,26,29). The van der Waals surface area contributed by atoms with Crippen molar-refractivity contribution in [1.29, 1.82) is 0 Å². The second kappa shape index (κ2) is 7.43. The average molecular weight is 387 g/mol. The summed E-state index contributed by atoms with van der Waals surface area (Å²) in [4.78, 5) is 40.2. The van der Waals surface area contributed by atoms with Crippen LogP contribution in [0.25, 0.3) is 22.2 Å². The number of amides is 2. The van der Waals surface area contributed by atoms with Gasteiger partial charge in [-0.1, -0.05) is 48.5 Å². The maximum absolute atomic E-state index is 12.6. The number of para-hydroxylation sites is 1. The van der Waals surface area contributed by atoms with E-state index in [1.165, 1.54) is 0 Å². The van der Waals surface area contributed by atoms with Crippen molar-refractivity contribution in [3.05, 3.63) is 77.6 Å². The van der Waals surface area contributed by atoms with E-state index < -0.39 is 17.6 Å². The van der Waals surface area contributed by atoms with E-state index in [0.29, 0.717) is 16.8 Å². The summed E-state index contributed by atoms with van der Waals surface area (Å²) in [5.74, 6) is -2.29. The van der Waals surface area contributed by atoms with Gasteiger partial charge >= 0.3 is 5.91 Å². The van der Waals surface area contributed by atoms with Gasteiger partial charge in [-0.3, -0.25) is 30.3 Å². The molecule has 0 bridgehead atoms. The topological polar surface area (TPSA) is 120 Å². The first kappa shape index (κ1) is 18.2. The van der Waals surface area contributed by atoms with E-state index in [1.807, 2.05) is 42.5 Å². The summed E-state index contributed by atoms with van der Waals surface area (Å²) < 4.78 is 0. The minimum atomic E-state index is -0.936. The van der Waals surface area contributed by atoms with Crippen LogP contribution in [0.4, 0.5) is 0 Å². The number of H-pyrrole nitrogens is 2. The number of aromatic nitrogens is 3. The third-order valence-corrected chi connectivity index (χ3v) is 4.51. The van der Waals surface area contributed by atoms with Crippen molar-refractivity contribution in [2.75, 3.05) is 0 Å². The van der Waals surface area contributed by atoms with Gasteiger partial charge in [-0.25, -0.2) is 0 Å². The lowest BCUT2D eigenvalue weighted by molar-refractivity contribution is -0.117. The van der Waals surface area contributed by atoms with Gasteiger partial charge < -0.3 is 4.98 Å². The number of aryl methyl sites for hydroxylation is 1. The molecule has 2 aromatic heterocycles. The van der Waals surface area contributed by atoms with Crippen LogP contribution in [0.1, 0.15) is 26.5 Å². The summed E-state index contributed by atoms with van der Waals surface area (Å²) in [5.41, 5.74) is 7.60. The predicted molar refractivity (Wildman–Crippen MR) is 107 cm³/mol. The summed E-state index contributed by atoms with van der Waals surface area (Å²) >= 11 is 0. The van der Waals surface area contributed by atoms with E-state index in [-0.39, 0.29) is 11.3 Å². The van der Waals surface area contributed by atoms with E-state index in [9.17, 15) is 14.4 Å². The molecule has 144 valence electrons. The van der Waals surface area contributed by atoms with Gasteiger partial charge in [-0.15, -0.1) is 0 Å². The van der Waals surface area contributed by atoms with Gasteiger partial charge in [0.1, 0.15) is 5.69 Å². The molecule has 2 heterocycles. The van der Waals surface area contributed by atoms with Crippen LogP contribution in [0.3, 0.4) is 0 Å². The minimum Gasteiger partial charge on any atom is -0.358 e. The number of hydrogen-bond acceptors (Lipinski definition) is 4. The predicted octanol–water partition coefficient (Wildman–Crippen LogP) is 2.51. The van der Waals surface area contributed by atoms with Gasteiger partial charge in [-0.2, -0.15) is 5.10 Å². The summed E-state index contributed by atoms with van der Waals surface area (Å²) in [7, 11) is 0. The quantitative estimate of drug-likeness (QED) is 0.244. The van der Waals surface area contributed by atoms with Crippen molar-refractivity contribution in [3.63, 3.8) is 0 Å². The highest BCUT2D eigenvalue weighted by molar-refractivity contribution is 6.45. The molecule has 0 saturated carbocycles. The lowest BCUT2D eigenvalue weighted by Crippen LogP contribution is -2.45. The van der Waals surface area contributed by atoms with Crippen molar-refractivity contribution in [2.45, 2.75) is 6.92 Å². The second-order valence-electron chi connectivity index (χ2n) is 6.44. The summed E-state index contributed by atoms with van der Waals surface area (Å²) in [5, 5.41) is 7.35. The number of aromatic amines is 2. The molecule has 0 aliphatic heterocycles. The Bertz CT molecular complexity index is 1220. The lowest BCUT2D eigenvalue weighted by atomic mass is 10.1. The van der Waals surface area contributed by atoms with E-state index in [0.717, 1.165) is 11.1 Å². The van der Waals surface area contributed by atoms with Crippen LogP contribution in [0.2, 0.25) is 0 Å². The molecule has 0 aliphatic carbocycles. The maximum Gasteiger partial charge on any atom is 0.310 e. The van der Waals surface area contributed by atoms with Crippen LogP contribution in [0.15, 0.2) is 60.7 Å². The zero-order chi connectivity index (χ0) is 20.4. The number of nitrogens with one attached hydrogen (secondary N) is 4. The normalized spacial score (nSPS) is 10.7. The first-order chi connectivity index (χ1) is 14.0. The van der Waals surface area contributed by atoms with Gasteiger partial charge in [-0.05, 0) is 19.1 Å². The second-order valence-corrected chi connectivity index (χ2v) is 6.44. The molecule has 0 radical (unpaired) electrons. The third kappa shape index (κ3) is 3.51. The minimum absolute atomic E-state index is 0.153. The van der Waals surface area contributed by atoms with Gasteiger partial charge in [0.15, 0.2) is 0 Å². The van der Waals surface area contributed by atoms with Crippen LogP contribution >= 0.6 is 0 Å². The fourth-order valence-electron chi connectivity index (χ4n) is 3.12. The number of Topliss-reactive ketones (excluding diaryl/α,β-unsaturated/α-hetero) is 1. The van der Waals surface area contributed by atoms with Crippen LogP contribution in [0.5, 0.6) is 0 Å². The molecular formula is C21H17N5O3. The lowest BCUT2D eigenvalue weighted by Gasteiger charge is -2.05. The smallest absolute Gasteiger partial charge is 0.310 e. The molecule has 4 rings (SSSR count). The van der Waals surface area contributed by atoms with Gasteiger partial charge in [0.05, 0.1) is 11.3 Å². The molecular weight excluding hydrogens is 370 g/mol. The Morgan fingerprint density at radius 1 is 0.931 bits per heavy atom. The summed E-state index contributed by atoms with van der Waals surface area (Å²) in [6.07, 6.45) is 0. The van der Waals surface area contributed by atoms with Gasteiger partial charge in [0.2, 0.25) is 0 Å². The number of carbonyl (C=O) groups is 3. The van der Waals surface area contributed by atoms with E-state index >= 15 is 0 Å². The Morgan fingerprint density at radius 2 is 1.66 bits per heavy atom. The van der Waals surface area contributed by atoms with Crippen molar-refractivity contribution < 1.29 is 14.4 Å². The molecule has 2 aromatic carbocycles. The largest absolute Gasteiger partial charge is 0.358 e. The molecule has 0 aliphatic rings. The van der Waals surface area contributed by atoms with Crippen LogP contribution < -0.4 is 10.9 Å². The number of hydrogen-bond donors (Lipinski definition) is 4.